The molecule has 0 N–H and O–H groups in total. The molecule has 0 spiro atoms. The summed E-state index contributed by atoms with van der Waals surface area (Å²) in [6.07, 6.45) is 5.13. The third-order valence-corrected chi connectivity index (χ3v) is 3.02. The van der Waals surface area contributed by atoms with Crippen LogP contribution in [0.3, 0.4) is 0 Å². The van der Waals surface area contributed by atoms with Gasteiger partial charge in [0.1, 0.15) is 11.7 Å². The summed E-state index contributed by atoms with van der Waals surface area (Å²) in [5.41, 5.74) is 0.688. The molecule has 2 heteroatoms. The summed E-state index contributed by atoms with van der Waals surface area (Å²) in [7, 11) is 0. The maximum atomic E-state index is 6.01. The van der Waals surface area contributed by atoms with Gasteiger partial charge in [0.15, 0.2) is 0 Å². The van der Waals surface area contributed by atoms with E-state index in [4.69, 9.17) is 9.47 Å². The quantitative estimate of drug-likeness (QED) is 0.629. The minimum Gasteiger partial charge on any atom is -0.371 e. The van der Waals surface area contributed by atoms with Gasteiger partial charge in [-0.1, -0.05) is 18.7 Å². The third-order valence-electron chi connectivity index (χ3n) is 3.02. The van der Waals surface area contributed by atoms with Crippen molar-refractivity contribution in [3.63, 3.8) is 0 Å². The van der Waals surface area contributed by atoms with Crippen molar-refractivity contribution in [2.24, 2.45) is 0 Å². The van der Waals surface area contributed by atoms with Crippen molar-refractivity contribution in [3.8, 4) is 0 Å². The summed E-state index contributed by atoms with van der Waals surface area (Å²) in [6, 6.07) is 0. The lowest BCUT2D eigenvalue weighted by atomic mass is 9.87. The topological polar surface area (TPSA) is 18.5 Å². The molecule has 2 aliphatic heterocycles. The van der Waals surface area contributed by atoms with Crippen LogP contribution in [-0.2, 0) is 9.47 Å². The Balaban J connectivity index is 2.28. The lowest BCUT2D eigenvalue weighted by Gasteiger charge is -2.43. The molecule has 0 radical (unpaired) electrons. The van der Waals surface area contributed by atoms with Crippen LogP contribution in [-0.4, -0.2) is 23.9 Å². The fraction of sp³-hybridized carbons (Fsp3) is 0.667. The van der Waals surface area contributed by atoms with Gasteiger partial charge in [-0.25, -0.2) is 0 Å². The van der Waals surface area contributed by atoms with Crippen molar-refractivity contribution in [1.82, 2.24) is 0 Å². The van der Waals surface area contributed by atoms with Crippen LogP contribution >= 0.6 is 0 Å². The molecule has 0 aromatic rings. The van der Waals surface area contributed by atoms with Crippen LogP contribution in [0.4, 0.5) is 0 Å². The number of ether oxygens (including phenoxy) is 2. The molecule has 0 amide bonds. The number of rotatable bonds is 2. The van der Waals surface area contributed by atoms with Crippen LogP contribution in [0.2, 0.25) is 0 Å². The molecule has 0 unspecified atom stereocenters. The Morgan fingerprint density at radius 1 is 1.57 bits per heavy atom. The first-order chi connectivity index (χ1) is 6.49. The predicted octanol–water partition coefficient (Wildman–Crippen LogP) is 2.46. The molecule has 2 rings (SSSR count). The molecule has 78 valence electrons. The van der Waals surface area contributed by atoms with E-state index in [-0.39, 0.29) is 17.3 Å². The Labute approximate surface area is 85.6 Å². The van der Waals surface area contributed by atoms with Gasteiger partial charge in [-0.2, -0.15) is 0 Å². The summed E-state index contributed by atoms with van der Waals surface area (Å²) >= 11 is 0. The van der Waals surface area contributed by atoms with Gasteiger partial charge in [-0.15, -0.1) is 0 Å². The molecule has 2 bridgehead atoms. The molecule has 0 aromatic carbocycles. The normalized spacial score (nSPS) is 45.9. The average molecular weight is 194 g/mol. The molecule has 14 heavy (non-hydrogen) atoms. The van der Waals surface area contributed by atoms with E-state index in [2.05, 4.69) is 32.6 Å². The molecule has 0 aromatic heterocycles. The van der Waals surface area contributed by atoms with Crippen LogP contribution in [0.5, 0.6) is 0 Å². The van der Waals surface area contributed by atoms with Gasteiger partial charge in [0.2, 0.25) is 0 Å². The van der Waals surface area contributed by atoms with Gasteiger partial charge in [-0.05, 0) is 26.3 Å². The SMILES string of the molecule is C=C1C[C@]2(C)C=C[C@](C)(O2)[C@H]1OCC. The van der Waals surface area contributed by atoms with Crippen molar-refractivity contribution >= 4 is 0 Å². The molecule has 1 fully saturated rings. The van der Waals surface area contributed by atoms with Crippen molar-refractivity contribution in [2.45, 2.75) is 44.5 Å². The fourth-order valence-corrected chi connectivity index (χ4v) is 2.55. The molecule has 2 aliphatic rings. The molecule has 0 saturated carbocycles. The van der Waals surface area contributed by atoms with Crippen molar-refractivity contribution in [2.75, 3.05) is 6.61 Å². The summed E-state index contributed by atoms with van der Waals surface area (Å²) in [6.45, 7) is 11.0. The van der Waals surface area contributed by atoms with Gasteiger partial charge in [0, 0.05) is 13.0 Å². The highest BCUT2D eigenvalue weighted by Crippen LogP contribution is 2.45. The average Bonchev–Trinajstić information content (AvgIpc) is 2.34. The first kappa shape index (κ1) is 9.94. The van der Waals surface area contributed by atoms with Gasteiger partial charge >= 0.3 is 0 Å². The van der Waals surface area contributed by atoms with Crippen LogP contribution in [0, 0.1) is 0 Å². The number of hydrogen-bond acceptors (Lipinski definition) is 2. The molecule has 2 heterocycles. The van der Waals surface area contributed by atoms with Crippen LogP contribution in [0.15, 0.2) is 24.3 Å². The minimum absolute atomic E-state index is 0.0133. The second kappa shape index (κ2) is 2.94. The first-order valence-corrected chi connectivity index (χ1v) is 5.19. The van der Waals surface area contributed by atoms with Crippen molar-refractivity contribution in [1.29, 1.82) is 0 Å². The molecule has 1 saturated heterocycles. The minimum atomic E-state index is -0.305. The summed E-state index contributed by atoms with van der Waals surface area (Å²) in [4.78, 5) is 0. The number of hydrogen-bond donors (Lipinski definition) is 0. The Bertz CT molecular complexity index is 295. The third kappa shape index (κ3) is 1.33. The second-order valence-electron chi connectivity index (χ2n) is 4.60. The lowest BCUT2D eigenvalue weighted by Crippen LogP contribution is -2.50. The smallest absolute Gasteiger partial charge is 0.115 e. The van der Waals surface area contributed by atoms with E-state index in [0.717, 1.165) is 12.0 Å². The largest absolute Gasteiger partial charge is 0.371 e. The summed E-state index contributed by atoms with van der Waals surface area (Å²) in [5.74, 6) is 0. The molecular formula is C12H18O2. The summed E-state index contributed by atoms with van der Waals surface area (Å²) in [5, 5.41) is 0. The Morgan fingerprint density at radius 2 is 2.29 bits per heavy atom. The summed E-state index contributed by atoms with van der Waals surface area (Å²) < 4.78 is 11.7. The first-order valence-electron chi connectivity index (χ1n) is 5.19. The fourth-order valence-electron chi connectivity index (χ4n) is 2.55. The monoisotopic (exact) mass is 194 g/mol. The van der Waals surface area contributed by atoms with E-state index < -0.39 is 0 Å². The van der Waals surface area contributed by atoms with Crippen LogP contribution in [0.25, 0.3) is 0 Å². The Morgan fingerprint density at radius 3 is 2.93 bits per heavy atom. The van der Waals surface area contributed by atoms with E-state index in [9.17, 15) is 0 Å². The zero-order valence-electron chi connectivity index (χ0n) is 9.17. The van der Waals surface area contributed by atoms with Crippen molar-refractivity contribution in [3.05, 3.63) is 24.3 Å². The zero-order chi connectivity index (χ0) is 10.4. The standard InChI is InChI=1S/C12H18O2/c1-5-13-10-9(2)8-11(3)6-7-12(10,4)14-11/h6-7,10H,2,5,8H2,1,3-4H3/t10-,11-,12-/m0/s1. The van der Waals surface area contributed by atoms with Crippen molar-refractivity contribution < 1.29 is 9.47 Å². The van der Waals surface area contributed by atoms with Crippen LogP contribution < -0.4 is 0 Å². The zero-order valence-corrected chi connectivity index (χ0v) is 9.17. The second-order valence-corrected chi connectivity index (χ2v) is 4.60. The van der Waals surface area contributed by atoms with E-state index >= 15 is 0 Å². The Kier molecular flexibility index (Phi) is 2.09. The lowest BCUT2D eigenvalue weighted by molar-refractivity contribution is -0.156. The Hall–Kier alpha value is -0.600. The van der Waals surface area contributed by atoms with E-state index in [0.29, 0.717) is 6.61 Å². The molecule has 2 nitrogen and oxygen atoms in total. The predicted molar refractivity (Wildman–Crippen MR) is 56.2 cm³/mol. The van der Waals surface area contributed by atoms with E-state index in [1.807, 2.05) is 6.92 Å². The maximum absolute atomic E-state index is 6.01. The molecular weight excluding hydrogens is 176 g/mol. The van der Waals surface area contributed by atoms with Gasteiger partial charge in [0.05, 0.1) is 5.60 Å². The number of fused-ring (bicyclic) bond motifs is 2. The molecule has 3 atom stereocenters. The van der Waals surface area contributed by atoms with E-state index in [1.54, 1.807) is 0 Å². The van der Waals surface area contributed by atoms with Gasteiger partial charge in [0.25, 0.3) is 0 Å². The highest BCUT2D eigenvalue weighted by atomic mass is 16.6. The molecule has 0 aliphatic carbocycles. The van der Waals surface area contributed by atoms with Gasteiger partial charge < -0.3 is 9.47 Å². The van der Waals surface area contributed by atoms with Crippen LogP contribution in [0.1, 0.15) is 27.2 Å². The maximum Gasteiger partial charge on any atom is 0.115 e. The highest BCUT2D eigenvalue weighted by Gasteiger charge is 2.50. The van der Waals surface area contributed by atoms with Gasteiger partial charge in [-0.3, -0.25) is 0 Å². The highest BCUT2D eigenvalue weighted by molar-refractivity contribution is 5.31. The van der Waals surface area contributed by atoms with E-state index in [1.165, 1.54) is 0 Å².